The second kappa shape index (κ2) is 4.72. The van der Waals surface area contributed by atoms with E-state index in [-0.39, 0.29) is 29.4 Å². The predicted octanol–water partition coefficient (Wildman–Crippen LogP) is 1.79. The molecule has 1 N–H and O–H groups in total. The van der Waals surface area contributed by atoms with Crippen LogP contribution >= 0.6 is 0 Å². The van der Waals surface area contributed by atoms with Crippen LogP contribution in [0.5, 0.6) is 0 Å². The molecule has 0 unspecified atom stereocenters. The fourth-order valence-electron chi connectivity index (χ4n) is 3.23. The molecule has 0 saturated carbocycles. The van der Waals surface area contributed by atoms with Crippen LogP contribution in [0.25, 0.3) is 0 Å². The summed E-state index contributed by atoms with van der Waals surface area (Å²) in [5, 5.41) is 2.97. The number of rotatable bonds is 1. The van der Waals surface area contributed by atoms with Gasteiger partial charge in [0.15, 0.2) is 0 Å². The van der Waals surface area contributed by atoms with Gasteiger partial charge in [-0.3, -0.25) is 9.59 Å². The van der Waals surface area contributed by atoms with Crippen molar-refractivity contribution in [2.75, 3.05) is 6.61 Å². The fourth-order valence-corrected chi connectivity index (χ4v) is 3.23. The molecular formula is C15H25NO4. The summed E-state index contributed by atoms with van der Waals surface area (Å²) >= 11 is 0. The van der Waals surface area contributed by atoms with Crippen LogP contribution in [0.4, 0.5) is 0 Å². The van der Waals surface area contributed by atoms with Crippen molar-refractivity contribution >= 4 is 11.9 Å². The van der Waals surface area contributed by atoms with Crippen LogP contribution in [0.1, 0.15) is 53.9 Å². The first-order chi connectivity index (χ1) is 9.03. The van der Waals surface area contributed by atoms with E-state index in [4.69, 9.17) is 9.47 Å². The minimum atomic E-state index is -0.700. The van der Waals surface area contributed by atoms with E-state index in [1.165, 1.54) is 0 Å². The van der Waals surface area contributed by atoms with Gasteiger partial charge in [0.1, 0.15) is 5.60 Å². The maximum absolute atomic E-state index is 12.5. The highest BCUT2D eigenvalue weighted by Gasteiger charge is 2.56. The average molecular weight is 283 g/mol. The highest BCUT2D eigenvalue weighted by Crippen LogP contribution is 2.45. The molecule has 2 aliphatic rings. The Labute approximate surface area is 120 Å². The maximum atomic E-state index is 12.5. The van der Waals surface area contributed by atoms with Gasteiger partial charge in [-0.05, 0) is 34.6 Å². The number of carbonyl (C=O) groups excluding carboxylic acids is 2. The lowest BCUT2D eigenvalue weighted by Crippen LogP contribution is -2.55. The molecule has 20 heavy (non-hydrogen) atoms. The predicted molar refractivity (Wildman–Crippen MR) is 74.1 cm³/mol. The standard InChI is InChI=1S/C15H25NO4/c1-13(2,3)16-12(18)10-8-11(17)20-15(10)6-7-19-14(4,5)9-15/h10H,6-9H2,1-5H3,(H,16,18)/t10-,15+/m1/s1. The SMILES string of the molecule is CC(C)(C)NC(=O)[C@H]1CC(=O)O[C@]12CCOC(C)(C)C2. The summed E-state index contributed by atoms with van der Waals surface area (Å²) < 4.78 is 11.3. The molecule has 2 aliphatic heterocycles. The van der Waals surface area contributed by atoms with Crippen LogP contribution in [0.3, 0.4) is 0 Å². The third kappa shape index (κ3) is 3.14. The van der Waals surface area contributed by atoms with Gasteiger partial charge in [0.25, 0.3) is 0 Å². The number of nitrogens with one attached hydrogen (secondary N) is 1. The highest BCUT2D eigenvalue weighted by atomic mass is 16.6. The third-order valence-corrected chi connectivity index (χ3v) is 3.88. The molecule has 2 rings (SSSR count). The molecule has 2 fully saturated rings. The van der Waals surface area contributed by atoms with Crippen LogP contribution in [0.2, 0.25) is 0 Å². The molecule has 0 aromatic carbocycles. The lowest BCUT2D eigenvalue weighted by Gasteiger charge is -2.44. The van der Waals surface area contributed by atoms with Gasteiger partial charge in [0, 0.05) is 18.4 Å². The molecule has 2 heterocycles. The monoisotopic (exact) mass is 283 g/mol. The normalized spacial score (nSPS) is 33.0. The second-order valence-corrected chi connectivity index (χ2v) is 7.57. The van der Waals surface area contributed by atoms with Crippen LogP contribution in [0, 0.1) is 5.92 Å². The van der Waals surface area contributed by atoms with Crippen molar-refractivity contribution in [3.05, 3.63) is 0 Å². The van der Waals surface area contributed by atoms with Gasteiger partial charge in [-0.25, -0.2) is 0 Å². The van der Waals surface area contributed by atoms with E-state index < -0.39 is 11.5 Å². The van der Waals surface area contributed by atoms with E-state index in [1.54, 1.807) is 0 Å². The Hall–Kier alpha value is -1.10. The second-order valence-electron chi connectivity index (χ2n) is 7.57. The Morgan fingerprint density at radius 3 is 2.55 bits per heavy atom. The van der Waals surface area contributed by atoms with Gasteiger partial charge in [0.2, 0.25) is 5.91 Å². The van der Waals surface area contributed by atoms with Gasteiger partial charge in [-0.1, -0.05) is 0 Å². The van der Waals surface area contributed by atoms with Crippen LogP contribution in [-0.2, 0) is 19.1 Å². The minimum absolute atomic E-state index is 0.0962. The van der Waals surface area contributed by atoms with Crippen LogP contribution in [-0.4, -0.2) is 35.2 Å². The van der Waals surface area contributed by atoms with Crippen LogP contribution in [0.15, 0.2) is 0 Å². The number of esters is 1. The number of hydrogen-bond acceptors (Lipinski definition) is 4. The van der Waals surface area contributed by atoms with Crippen molar-refractivity contribution in [2.45, 2.75) is 70.6 Å². The van der Waals surface area contributed by atoms with Crippen LogP contribution < -0.4 is 5.32 Å². The lowest BCUT2D eigenvalue weighted by molar-refractivity contribution is -0.179. The molecular weight excluding hydrogens is 258 g/mol. The zero-order chi connectivity index (χ0) is 15.2. The summed E-state index contributed by atoms with van der Waals surface area (Å²) in [6, 6.07) is 0. The summed E-state index contributed by atoms with van der Waals surface area (Å²) in [4.78, 5) is 24.3. The molecule has 114 valence electrons. The Kier molecular flexibility index (Phi) is 3.61. The summed E-state index contributed by atoms with van der Waals surface area (Å²) in [6.45, 7) is 10.3. The fraction of sp³-hybridized carbons (Fsp3) is 0.867. The Bertz CT molecular complexity index is 424. The van der Waals surface area contributed by atoms with Gasteiger partial charge in [-0.2, -0.15) is 0 Å². The highest BCUT2D eigenvalue weighted by molar-refractivity contribution is 5.88. The number of hydrogen-bond donors (Lipinski definition) is 1. The maximum Gasteiger partial charge on any atom is 0.307 e. The molecule has 0 radical (unpaired) electrons. The van der Waals surface area contributed by atoms with E-state index in [2.05, 4.69) is 5.32 Å². The van der Waals surface area contributed by atoms with Gasteiger partial charge < -0.3 is 14.8 Å². The zero-order valence-electron chi connectivity index (χ0n) is 13.0. The molecule has 1 spiro atoms. The van der Waals surface area contributed by atoms with Gasteiger partial charge in [0.05, 0.1) is 24.5 Å². The van der Waals surface area contributed by atoms with Crippen molar-refractivity contribution in [2.24, 2.45) is 5.92 Å². The molecule has 0 bridgehead atoms. The van der Waals surface area contributed by atoms with Crippen molar-refractivity contribution < 1.29 is 19.1 Å². The number of amides is 1. The Morgan fingerprint density at radius 1 is 1.35 bits per heavy atom. The van der Waals surface area contributed by atoms with Crippen molar-refractivity contribution in [3.63, 3.8) is 0 Å². The lowest BCUT2D eigenvalue weighted by atomic mass is 9.75. The van der Waals surface area contributed by atoms with E-state index >= 15 is 0 Å². The third-order valence-electron chi connectivity index (χ3n) is 3.88. The Morgan fingerprint density at radius 2 is 2.00 bits per heavy atom. The van der Waals surface area contributed by atoms with Crippen molar-refractivity contribution in [3.8, 4) is 0 Å². The minimum Gasteiger partial charge on any atom is -0.458 e. The van der Waals surface area contributed by atoms with Gasteiger partial charge in [-0.15, -0.1) is 0 Å². The molecule has 2 saturated heterocycles. The number of ether oxygens (including phenoxy) is 2. The summed E-state index contributed by atoms with van der Waals surface area (Å²) in [6.07, 6.45) is 1.32. The van der Waals surface area contributed by atoms with E-state index in [9.17, 15) is 9.59 Å². The van der Waals surface area contributed by atoms with E-state index in [1.807, 2.05) is 34.6 Å². The molecule has 0 aromatic rings. The Balaban J connectivity index is 2.22. The smallest absolute Gasteiger partial charge is 0.307 e. The summed E-state index contributed by atoms with van der Waals surface area (Å²) in [5.74, 6) is -0.796. The molecule has 5 heteroatoms. The molecule has 5 nitrogen and oxygen atoms in total. The quantitative estimate of drug-likeness (QED) is 0.745. The first kappa shape index (κ1) is 15.3. The molecule has 0 aromatic heterocycles. The van der Waals surface area contributed by atoms with E-state index in [0.29, 0.717) is 19.4 Å². The summed E-state index contributed by atoms with van der Waals surface area (Å²) in [5.41, 5.74) is -1.39. The summed E-state index contributed by atoms with van der Waals surface area (Å²) in [7, 11) is 0. The topological polar surface area (TPSA) is 64.6 Å². The van der Waals surface area contributed by atoms with Crippen molar-refractivity contribution in [1.82, 2.24) is 5.32 Å². The molecule has 1 amide bonds. The number of carbonyl (C=O) groups is 2. The van der Waals surface area contributed by atoms with E-state index in [0.717, 1.165) is 0 Å². The first-order valence-electron chi connectivity index (χ1n) is 7.21. The average Bonchev–Trinajstić information content (AvgIpc) is 2.50. The first-order valence-corrected chi connectivity index (χ1v) is 7.21. The molecule has 2 atom stereocenters. The largest absolute Gasteiger partial charge is 0.458 e. The van der Waals surface area contributed by atoms with Crippen molar-refractivity contribution in [1.29, 1.82) is 0 Å². The van der Waals surface area contributed by atoms with Gasteiger partial charge >= 0.3 is 5.97 Å². The molecule has 0 aliphatic carbocycles. The zero-order valence-corrected chi connectivity index (χ0v) is 13.0.